The summed E-state index contributed by atoms with van der Waals surface area (Å²) in [5.74, 6) is -0.221. The second-order valence-corrected chi connectivity index (χ2v) is 10.2. The fourth-order valence-corrected chi connectivity index (χ4v) is 4.00. The normalized spacial score (nSPS) is 13.2. The molecule has 0 aromatic rings. The summed E-state index contributed by atoms with van der Waals surface area (Å²) in [5.41, 5.74) is 0. The Bertz CT molecular complexity index is 660. The lowest BCUT2D eigenvalue weighted by Crippen LogP contribution is -2.27. The molecule has 0 aliphatic heterocycles. The van der Waals surface area contributed by atoms with Gasteiger partial charge in [0, 0.05) is 13.0 Å². The first kappa shape index (κ1) is 37.1. The average molecular weight is 545 g/mol. The van der Waals surface area contributed by atoms with Crippen LogP contribution in [0.3, 0.4) is 0 Å². The molecule has 0 aliphatic carbocycles. The van der Waals surface area contributed by atoms with Crippen LogP contribution >= 0.6 is 0 Å². The van der Waals surface area contributed by atoms with Gasteiger partial charge >= 0.3 is 5.97 Å². The number of unbranched alkanes of at least 4 members (excludes halogenated alkanes) is 10. The first-order valence-corrected chi connectivity index (χ1v) is 15.9. The molecule has 0 radical (unpaired) electrons. The summed E-state index contributed by atoms with van der Waals surface area (Å²) in [6.45, 7) is 5.11. The van der Waals surface area contributed by atoms with E-state index in [4.69, 9.17) is 9.47 Å². The van der Waals surface area contributed by atoms with Crippen molar-refractivity contribution < 1.29 is 19.4 Å². The minimum atomic E-state index is -0.544. The van der Waals surface area contributed by atoms with E-state index in [1.165, 1.54) is 44.9 Å². The summed E-state index contributed by atoms with van der Waals surface area (Å²) in [7, 11) is 0. The van der Waals surface area contributed by atoms with Crippen LogP contribution in [0.25, 0.3) is 0 Å². The largest absolute Gasteiger partial charge is 0.457 e. The Hall–Kier alpha value is -1.91. The molecular formula is C35H60O4. The van der Waals surface area contributed by atoms with Gasteiger partial charge in [0.1, 0.15) is 6.10 Å². The number of aliphatic hydroxyl groups excluding tert-OH is 1. The smallest absolute Gasteiger partial charge is 0.306 e. The van der Waals surface area contributed by atoms with Crippen molar-refractivity contribution in [3.8, 4) is 0 Å². The maximum absolute atomic E-state index is 12.0. The molecule has 0 spiro atoms. The number of allylic oxidation sites excluding steroid dienone is 10. The molecule has 4 heteroatoms. The van der Waals surface area contributed by atoms with E-state index in [1.54, 1.807) is 0 Å². The molecule has 1 atom stereocenters. The molecule has 0 amide bonds. The van der Waals surface area contributed by atoms with Crippen molar-refractivity contribution in [2.45, 2.75) is 136 Å². The van der Waals surface area contributed by atoms with Crippen molar-refractivity contribution in [3.05, 3.63) is 60.8 Å². The Morgan fingerprint density at radius 3 is 1.74 bits per heavy atom. The SMILES string of the molecule is CC/C=C\C/C=C\C/C=C\C/C=C\C/C=C\CCCCCCOCC(CO)OC(=O)CCCCCCCCC. The van der Waals surface area contributed by atoms with E-state index in [-0.39, 0.29) is 19.2 Å². The third-order valence-corrected chi connectivity index (χ3v) is 6.36. The van der Waals surface area contributed by atoms with Crippen molar-refractivity contribution >= 4 is 5.97 Å². The molecule has 4 nitrogen and oxygen atoms in total. The third-order valence-electron chi connectivity index (χ3n) is 6.36. The lowest BCUT2D eigenvalue weighted by atomic mass is 10.1. The predicted octanol–water partition coefficient (Wildman–Crippen LogP) is 9.75. The van der Waals surface area contributed by atoms with Gasteiger partial charge in [-0.3, -0.25) is 4.79 Å². The standard InChI is InChI=1S/C35H60O4/c1-3-5-7-9-11-12-13-14-15-16-17-18-19-20-21-22-23-25-27-29-31-38-33-34(32-36)39-35(37)30-28-26-24-10-8-6-4-2/h5,7,11-12,14-15,17-18,20-21,34,36H,3-4,6,8-10,13,16,19,22-33H2,1-2H3/b7-5-,12-11-,15-14-,18-17-,21-20-. The van der Waals surface area contributed by atoms with Crippen LogP contribution in [0.1, 0.15) is 129 Å². The van der Waals surface area contributed by atoms with Crippen molar-refractivity contribution in [1.82, 2.24) is 0 Å². The molecule has 39 heavy (non-hydrogen) atoms. The van der Waals surface area contributed by atoms with Crippen LogP contribution in [-0.4, -0.2) is 37.0 Å². The van der Waals surface area contributed by atoms with Crippen LogP contribution in [0, 0.1) is 0 Å². The van der Waals surface area contributed by atoms with Crippen molar-refractivity contribution in [1.29, 1.82) is 0 Å². The highest BCUT2D eigenvalue weighted by Gasteiger charge is 2.13. The van der Waals surface area contributed by atoms with Gasteiger partial charge in [-0.2, -0.15) is 0 Å². The topological polar surface area (TPSA) is 55.8 Å². The number of hydrogen-bond acceptors (Lipinski definition) is 4. The van der Waals surface area contributed by atoms with Crippen LogP contribution in [0.2, 0.25) is 0 Å². The number of esters is 1. The van der Waals surface area contributed by atoms with Gasteiger partial charge in [0.2, 0.25) is 0 Å². The highest BCUT2D eigenvalue weighted by atomic mass is 16.6. The number of aliphatic hydroxyl groups is 1. The molecule has 1 unspecified atom stereocenters. The van der Waals surface area contributed by atoms with Gasteiger partial charge in [-0.1, -0.05) is 126 Å². The molecule has 0 fully saturated rings. The fraction of sp³-hybridized carbons (Fsp3) is 0.686. The van der Waals surface area contributed by atoms with Crippen LogP contribution in [0.15, 0.2) is 60.8 Å². The van der Waals surface area contributed by atoms with Gasteiger partial charge in [-0.15, -0.1) is 0 Å². The van der Waals surface area contributed by atoms with Gasteiger partial charge in [-0.25, -0.2) is 0 Å². The molecule has 0 aliphatic rings. The van der Waals surface area contributed by atoms with E-state index in [9.17, 15) is 9.90 Å². The zero-order chi connectivity index (χ0) is 28.5. The first-order chi connectivity index (χ1) is 19.2. The molecule has 0 aromatic heterocycles. The van der Waals surface area contributed by atoms with Crippen LogP contribution in [-0.2, 0) is 14.3 Å². The van der Waals surface area contributed by atoms with E-state index < -0.39 is 6.10 Å². The van der Waals surface area contributed by atoms with Gasteiger partial charge < -0.3 is 14.6 Å². The molecule has 224 valence electrons. The Labute approximate surface area is 241 Å². The highest BCUT2D eigenvalue weighted by molar-refractivity contribution is 5.69. The van der Waals surface area contributed by atoms with Crippen LogP contribution in [0.4, 0.5) is 0 Å². The average Bonchev–Trinajstić information content (AvgIpc) is 2.94. The second-order valence-electron chi connectivity index (χ2n) is 10.2. The fourth-order valence-electron chi connectivity index (χ4n) is 4.00. The number of ether oxygens (including phenoxy) is 2. The van der Waals surface area contributed by atoms with Gasteiger partial charge in [0.25, 0.3) is 0 Å². The van der Waals surface area contributed by atoms with E-state index >= 15 is 0 Å². The number of rotatable bonds is 28. The molecule has 1 N–H and O–H groups in total. The number of carbonyl (C=O) groups excluding carboxylic acids is 1. The van der Waals surface area contributed by atoms with E-state index in [1.807, 2.05) is 0 Å². The highest BCUT2D eigenvalue weighted by Crippen LogP contribution is 2.10. The molecule has 0 rings (SSSR count). The lowest BCUT2D eigenvalue weighted by molar-refractivity contribution is -0.154. The summed E-state index contributed by atoms with van der Waals surface area (Å²) in [5, 5.41) is 9.46. The monoisotopic (exact) mass is 544 g/mol. The molecule has 0 heterocycles. The van der Waals surface area contributed by atoms with Crippen molar-refractivity contribution in [2.75, 3.05) is 19.8 Å². The lowest BCUT2D eigenvalue weighted by Gasteiger charge is -2.15. The summed E-state index contributed by atoms with van der Waals surface area (Å²) in [6.07, 6.45) is 41.2. The van der Waals surface area contributed by atoms with Crippen molar-refractivity contribution in [3.63, 3.8) is 0 Å². The Morgan fingerprint density at radius 2 is 1.15 bits per heavy atom. The van der Waals surface area contributed by atoms with E-state index in [0.717, 1.165) is 64.2 Å². The zero-order valence-corrected chi connectivity index (χ0v) is 25.4. The van der Waals surface area contributed by atoms with Gasteiger partial charge in [0.05, 0.1) is 13.2 Å². The summed E-state index contributed by atoms with van der Waals surface area (Å²) < 4.78 is 11.0. The summed E-state index contributed by atoms with van der Waals surface area (Å²) in [6, 6.07) is 0. The minimum absolute atomic E-state index is 0.185. The maximum atomic E-state index is 12.0. The molecule has 0 saturated carbocycles. The first-order valence-electron chi connectivity index (χ1n) is 15.9. The Kier molecular flexibility index (Phi) is 30.7. The van der Waals surface area contributed by atoms with E-state index in [2.05, 4.69) is 74.6 Å². The van der Waals surface area contributed by atoms with Crippen molar-refractivity contribution in [2.24, 2.45) is 0 Å². The molecular weight excluding hydrogens is 484 g/mol. The predicted molar refractivity (Wildman–Crippen MR) is 168 cm³/mol. The molecule has 0 saturated heterocycles. The van der Waals surface area contributed by atoms with Crippen LogP contribution < -0.4 is 0 Å². The number of hydrogen-bond donors (Lipinski definition) is 1. The zero-order valence-electron chi connectivity index (χ0n) is 25.4. The summed E-state index contributed by atoms with van der Waals surface area (Å²) in [4.78, 5) is 12.0. The number of carbonyl (C=O) groups is 1. The van der Waals surface area contributed by atoms with E-state index in [0.29, 0.717) is 13.0 Å². The Balaban J connectivity index is 3.55. The van der Waals surface area contributed by atoms with Crippen LogP contribution in [0.5, 0.6) is 0 Å². The minimum Gasteiger partial charge on any atom is -0.457 e. The van der Waals surface area contributed by atoms with Gasteiger partial charge in [0.15, 0.2) is 0 Å². The quantitative estimate of drug-likeness (QED) is 0.0605. The second kappa shape index (κ2) is 32.3. The maximum Gasteiger partial charge on any atom is 0.306 e. The molecule has 0 bridgehead atoms. The third kappa shape index (κ3) is 30.5. The van der Waals surface area contributed by atoms with Gasteiger partial charge in [-0.05, 0) is 57.8 Å². The Morgan fingerprint density at radius 1 is 0.641 bits per heavy atom. The summed E-state index contributed by atoms with van der Waals surface area (Å²) >= 11 is 0. The molecule has 0 aromatic carbocycles.